The molecule has 2 aromatic rings. The van der Waals surface area contributed by atoms with Crippen LogP contribution in [-0.2, 0) is 28.0 Å². The first-order valence-electron chi connectivity index (χ1n) is 9.95. The van der Waals surface area contributed by atoms with E-state index >= 15 is 0 Å². The number of benzene rings is 1. The summed E-state index contributed by atoms with van der Waals surface area (Å²) in [4.78, 5) is 52.2. The first-order valence-corrected chi connectivity index (χ1v) is 11.5. The predicted molar refractivity (Wildman–Crippen MR) is 122 cm³/mol. The fraction of sp³-hybridized carbons (Fsp3) is 0.333. The molecule has 5 amide bonds. The number of nitrogens with one attached hydrogen (secondary N) is 2. The highest BCUT2D eigenvalue weighted by molar-refractivity contribution is 7.17. The van der Waals surface area contributed by atoms with Crippen molar-refractivity contribution in [1.29, 1.82) is 0 Å². The van der Waals surface area contributed by atoms with Crippen LogP contribution in [0.3, 0.4) is 0 Å². The molecule has 0 radical (unpaired) electrons. The van der Waals surface area contributed by atoms with E-state index in [-0.39, 0.29) is 5.02 Å². The molecule has 1 saturated heterocycles. The minimum atomic E-state index is -1.44. The lowest BCUT2D eigenvalue weighted by molar-refractivity contribution is -0.133. The number of carbonyl (C=O) groups excluding carboxylic acids is 4. The quantitative estimate of drug-likeness (QED) is 0.550. The van der Waals surface area contributed by atoms with Gasteiger partial charge < -0.3 is 16.4 Å². The van der Waals surface area contributed by atoms with Gasteiger partial charge in [0.05, 0.1) is 5.56 Å². The van der Waals surface area contributed by atoms with Gasteiger partial charge in [-0.15, -0.1) is 11.3 Å². The van der Waals surface area contributed by atoms with E-state index < -0.39 is 35.8 Å². The lowest BCUT2D eigenvalue weighted by Gasteiger charge is -2.23. The number of primary amides is 1. The first-order chi connectivity index (χ1) is 15.1. The van der Waals surface area contributed by atoms with Gasteiger partial charge in [0.25, 0.3) is 11.8 Å². The van der Waals surface area contributed by atoms with Gasteiger partial charge in [-0.1, -0.05) is 29.3 Å². The average Bonchev–Trinajstić information content (AvgIpc) is 3.18. The summed E-state index contributed by atoms with van der Waals surface area (Å²) in [5.74, 6) is -1.84. The van der Waals surface area contributed by atoms with Crippen LogP contribution in [0.15, 0.2) is 18.2 Å². The summed E-state index contributed by atoms with van der Waals surface area (Å²) in [6.45, 7) is 0.991. The minimum absolute atomic E-state index is 0.218. The Hall–Kier alpha value is -2.62. The first kappa shape index (κ1) is 22.6. The van der Waals surface area contributed by atoms with Gasteiger partial charge in [0, 0.05) is 20.5 Å². The van der Waals surface area contributed by atoms with E-state index in [4.69, 9.17) is 28.9 Å². The van der Waals surface area contributed by atoms with Crippen molar-refractivity contribution < 1.29 is 19.2 Å². The van der Waals surface area contributed by atoms with E-state index in [9.17, 15) is 19.2 Å². The molecule has 2 aliphatic rings. The third-order valence-corrected chi connectivity index (χ3v) is 7.47. The van der Waals surface area contributed by atoms with Gasteiger partial charge in [0.2, 0.25) is 5.91 Å². The molecule has 11 heteroatoms. The number of anilines is 1. The lowest BCUT2D eigenvalue weighted by atomic mass is 9.92. The second-order valence-corrected chi connectivity index (χ2v) is 9.85. The normalized spacial score (nSPS) is 20.2. The van der Waals surface area contributed by atoms with E-state index in [1.54, 1.807) is 12.1 Å². The van der Waals surface area contributed by atoms with Crippen LogP contribution < -0.4 is 16.4 Å². The molecule has 1 aliphatic carbocycles. The number of imide groups is 1. The Kier molecular flexibility index (Phi) is 5.91. The molecule has 0 bridgehead atoms. The third-order valence-electron chi connectivity index (χ3n) is 5.72. The summed E-state index contributed by atoms with van der Waals surface area (Å²) in [5.41, 5.74) is 5.67. The second-order valence-electron chi connectivity index (χ2n) is 7.90. The number of nitrogens with two attached hydrogens (primary N) is 1. The van der Waals surface area contributed by atoms with Crippen molar-refractivity contribution in [2.75, 3.05) is 11.9 Å². The van der Waals surface area contributed by atoms with Gasteiger partial charge in [0.15, 0.2) is 0 Å². The fourth-order valence-electron chi connectivity index (χ4n) is 4.14. The summed E-state index contributed by atoms with van der Waals surface area (Å²) < 4.78 is 0. The number of hydrogen-bond donors (Lipinski definition) is 3. The van der Waals surface area contributed by atoms with E-state index in [0.29, 0.717) is 21.2 Å². The number of urea groups is 1. The molecule has 1 aliphatic heterocycles. The van der Waals surface area contributed by atoms with Crippen molar-refractivity contribution in [2.24, 2.45) is 5.73 Å². The predicted octanol–water partition coefficient (Wildman–Crippen LogP) is 3.44. The fourth-order valence-corrected chi connectivity index (χ4v) is 6.05. The Morgan fingerprint density at radius 3 is 2.66 bits per heavy atom. The number of fused-ring (bicyclic) bond motifs is 1. The smallest absolute Gasteiger partial charge is 0.325 e. The van der Waals surface area contributed by atoms with Gasteiger partial charge in [0.1, 0.15) is 17.1 Å². The van der Waals surface area contributed by atoms with Crippen LogP contribution in [0.5, 0.6) is 0 Å². The number of thiophene rings is 1. The SMILES string of the molecule is C[C@@]1(c2ccc(Cl)cc2Cl)NC(=O)N(CC(=O)Nc2sc3c(c2C(N)=O)CCCC3)C1=O. The van der Waals surface area contributed by atoms with Crippen molar-refractivity contribution in [3.8, 4) is 0 Å². The highest BCUT2D eigenvalue weighted by atomic mass is 35.5. The van der Waals surface area contributed by atoms with Gasteiger partial charge in [-0.2, -0.15) is 0 Å². The van der Waals surface area contributed by atoms with Crippen LogP contribution >= 0.6 is 34.5 Å². The Bertz CT molecular complexity index is 1160. The maximum atomic E-state index is 13.1. The minimum Gasteiger partial charge on any atom is -0.365 e. The molecule has 0 spiro atoms. The van der Waals surface area contributed by atoms with Crippen LogP contribution in [0.4, 0.5) is 9.80 Å². The molecule has 1 aromatic carbocycles. The zero-order chi connectivity index (χ0) is 23.2. The Morgan fingerprint density at radius 2 is 1.97 bits per heavy atom. The summed E-state index contributed by atoms with van der Waals surface area (Å²) in [7, 11) is 0. The number of amides is 5. The molecular weight excluding hydrogens is 475 g/mol. The topological polar surface area (TPSA) is 122 Å². The summed E-state index contributed by atoms with van der Waals surface area (Å²) in [5, 5.41) is 6.23. The van der Waals surface area contributed by atoms with Crippen LogP contribution in [0, 0.1) is 0 Å². The van der Waals surface area contributed by atoms with E-state index in [2.05, 4.69) is 10.6 Å². The van der Waals surface area contributed by atoms with Crippen LogP contribution in [-0.4, -0.2) is 35.2 Å². The molecule has 1 atom stereocenters. The molecule has 1 fully saturated rings. The number of hydrogen-bond acceptors (Lipinski definition) is 5. The van der Waals surface area contributed by atoms with Gasteiger partial charge in [-0.05, 0) is 50.3 Å². The van der Waals surface area contributed by atoms with Crippen molar-refractivity contribution in [3.05, 3.63) is 49.8 Å². The molecule has 0 unspecified atom stereocenters. The molecule has 1 aromatic heterocycles. The number of aryl methyl sites for hydroxylation is 1. The zero-order valence-electron chi connectivity index (χ0n) is 17.1. The summed E-state index contributed by atoms with van der Waals surface area (Å²) in [6.07, 6.45) is 3.51. The Labute approximate surface area is 198 Å². The van der Waals surface area contributed by atoms with Crippen molar-refractivity contribution in [3.63, 3.8) is 0 Å². The maximum absolute atomic E-state index is 13.1. The number of halogens is 2. The highest BCUT2D eigenvalue weighted by Crippen LogP contribution is 2.38. The standard InChI is InChI=1S/C21H20Cl2N4O4S/c1-21(12-7-6-10(22)8-13(12)23)19(30)27(20(31)26-21)9-15(28)25-18-16(17(24)29)11-4-2-3-5-14(11)32-18/h6-8H,2-5,9H2,1H3,(H2,24,29)(H,25,28)(H,26,31)/t21-/m0/s1. The summed E-state index contributed by atoms with van der Waals surface area (Å²) >= 11 is 13.5. The molecular formula is C21H20Cl2N4O4S. The molecule has 4 N–H and O–H groups in total. The van der Waals surface area contributed by atoms with E-state index in [0.717, 1.165) is 41.0 Å². The third kappa shape index (κ3) is 3.85. The maximum Gasteiger partial charge on any atom is 0.325 e. The zero-order valence-corrected chi connectivity index (χ0v) is 19.4. The number of rotatable bonds is 5. The largest absolute Gasteiger partial charge is 0.365 e. The molecule has 8 nitrogen and oxygen atoms in total. The number of nitrogens with zero attached hydrogens (tertiary/aromatic N) is 1. The van der Waals surface area contributed by atoms with Crippen LogP contribution in [0.2, 0.25) is 10.0 Å². The van der Waals surface area contributed by atoms with Crippen molar-refractivity contribution in [1.82, 2.24) is 10.2 Å². The number of carbonyl (C=O) groups is 4. The molecule has 168 valence electrons. The van der Waals surface area contributed by atoms with Crippen LogP contribution in [0.25, 0.3) is 0 Å². The molecule has 32 heavy (non-hydrogen) atoms. The van der Waals surface area contributed by atoms with Crippen molar-refractivity contribution >= 4 is 63.3 Å². The summed E-state index contributed by atoms with van der Waals surface area (Å²) in [6, 6.07) is 3.87. The van der Waals surface area contributed by atoms with Gasteiger partial charge >= 0.3 is 6.03 Å². The van der Waals surface area contributed by atoms with Gasteiger partial charge in [-0.3, -0.25) is 19.3 Å². The van der Waals surface area contributed by atoms with E-state index in [1.165, 1.54) is 24.3 Å². The lowest BCUT2D eigenvalue weighted by Crippen LogP contribution is -2.42. The highest BCUT2D eigenvalue weighted by Gasteiger charge is 2.50. The van der Waals surface area contributed by atoms with E-state index in [1.807, 2.05) is 0 Å². The molecule has 2 heterocycles. The Balaban J connectivity index is 1.54. The van der Waals surface area contributed by atoms with Crippen LogP contribution in [0.1, 0.15) is 46.1 Å². The van der Waals surface area contributed by atoms with Gasteiger partial charge in [-0.25, -0.2) is 4.79 Å². The monoisotopic (exact) mass is 494 g/mol. The second kappa shape index (κ2) is 8.38. The Morgan fingerprint density at radius 1 is 1.25 bits per heavy atom. The average molecular weight is 495 g/mol. The molecule has 4 rings (SSSR count). The molecule has 0 saturated carbocycles. The van der Waals surface area contributed by atoms with Crippen molar-refractivity contribution in [2.45, 2.75) is 38.1 Å².